The van der Waals surface area contributed by atoms with Gasteiger partial charge in [-0.1, -0.05) is 0 Å². The summed E-state index contributed by atoms with van der Waals surface area (Å²) in [4.78, 5) is 21.0. The third kappa shape index (κ3) is 2.34. The van der Waals surface area contributed by atoms with E-state index in [1.54, 1.807) is 0 Å². The number of nitro benzene ring substituents is 1. The number of halogens is 3. The molecule has 1 amide bonds. The molecule has 0 bridgehead atoms. The molecule has 0 atom stereocenters. The molecule has 0 aromatic heterocycles. The largest absolute Gasteiger partial charge is 0.436 e. The number of benzene rings is 1. The average molecular weight is 271 g/mol. The second-order valence-corrected chi connectivity index (χ2v) is 3.53. The molecule has 1 aliphatic heterocycles. The van der Waals surface area contributed by atoms with E-state index in [-0.39, 0.29) is 11.3 Å². The number of hydrogen-bond donors (Lipinski definition) is 0. The van der Waals surface area contributed by atoms with Crippen LogP contribution in [0.2, 0.25) is 0 Å². The third-order valence-corrected chi connectivity index (χ3v) is 2.33. The number of nitrogens with zero attached hydrogens (tertiary/aromatic N) is 3. The number of carbonyl (C=O) groups excluding carboxylic acids is 1. The van der Waals surface area contributed by atoms with E-state index in [0.717, 1.165) is 24.3 Å². The Morgan fingerprint density at radius 1 is 1.11 bits per heavy atom. The smallest absolute Gasteiger partial charge is 0.265 e. The van der Waals surface area contributed by atoms with E-state index >= 15 is 0 Å². The van der Waals surface area contributed by atoms with Crippen molar-refractivity contribution >= 4 is 17.2 Å². The summed E-state index contributed by atoms with van der Waals surface area (Å²) in [6.45, 7) is 0. The van der Waals surface area contributed by atoms with Gasteiger partial charge in [-0.05, 0) is 17.7 Å². The zero-order valence-corrected chi connectivity index (χ0v) is 9.01. The molecule has 0 saturated carbocycles. The summed E-state index contributed by atoms with van der Waals surface area (Å²) in [5.41, 5.74) is -2.51. The predicted molar refractivity (Wildman–Crippen MR) is 55.9 cm³/mol. The number of allylic oxidation sites excluding steroid dienone is 1. The Balaban J connectivity index is 2.50. The van der Waals surface area contributed by atoms with E-state index in [0.29, 0.717) is 0 Å². The second kappa shape index (κ2) is 4.26. The molecule has 1 heterocycles. The molecular weight excluding hydrogens is 267 g/mol. The van der Waals surface area contributed by atoms with E-state index in [4.69, 9.17) is 0 Å². The summed E-state index contributed by atoms with van der Waals surface area (Å²) in [7, 11) is 0. The quantitative estimate of drug-likeness (QED) is 0.612. The van der Waals surface area contributed by atoms with Gasteiger partial charge in [0, 0.05) is 12.1 Å². The van der Waals surface area contributed by atoms with Crippen LogP contribution in [0.1, 0.15) is 5.56 Å². The van der Waals surface area contributed by atoms with Gasteiger partial charge in [0.2, 0.25) is 0 Å². The van der Waals surface area contributed by atoms with Gasteiger partial charge in [-0.25, -0.2) is 0 Å². The number of azo groups is 1. The molecule has 1 aromatic carbocycles. The van der Waals surface area contributed by atoms with Crippen LogP contribution in [0.5, 0.6) is 0 Å². The number of alkyl halides is 3. The van der Waals surface area contributed by atoms with Crippen molar-refractivity contribution in [3.8, 4) is 0 Å². The molecule has 2 rings (SSSR count). The van der Waals surface area contributed by atoms with E-state index in [1.807, 2.05) is 0 Å². The molecule has 0 saturated heterocycles. The van der Waals surface area contributed by atoms with Crippen molar-refractivity contribution in [2.24, 2.45) is 10.2 Å². The number of non-ortho nitro benzene ring substituents is 1. The van der Waals surface area contributed by atoms with Crippen molar-refractivity contribution in [1.82, 2.24) is 0 Å². The summed E-state index contributed by atoms with van der Waals surface area (Å²) in [5.74, 6) is -1.12. The SMILES string of the molecule is O=C1N=NC(C(F)(F)F)=C1c1ccc([N+](=O)[O-])cc1. The molecular formula is C10H4F3N3O3. The Kier molecular flexibility index (Phi) is 2.89. The normalized spacial score (nSPS) is 15.2. The van der Waals surface area contributed by atoms with Crippen molar-refractivity contribution in [2.75, 3.05) is 0 Å². The number of hydrogen-bond acceptors (Lipinski definition) is 4. The minimum Gasteiger partial charge on any atom is -0.265 e. The maximum atomic E-state index is 12.6. The van der Waals surface area contributed by atoms with Gasteiger partial charge in [-0.15, -0.1) is 10.2 Å². The standard InChI is InChI=1S/C10H4F3N3O3/c11-10(12,13)8-7(9(17)15-14-8)5-1-3-6(4-2-5)16(18)19/h1-4H. The Bertz CT molecular complexity index is 617. The lowest BCUT2D eigenvalue weighted by Crippen LogP contribution is -2.12. The number of nitro groups is 1. The first-order valence-corrected chi connectivity index (χ1v) is 4.83. The summed E-state index contributed by atoms with van der Waals surface area (Å²) in [6, 6.07) is 4.10. The summed E-state index contributed by atoms with van der Waals surface area (Å²) in [5, 5.41) is 16.1. The Morgan fingerprint density at radius 3 is 2.16 bits per heavy atom. The van der Waals surface area contributed by atoms with Crippen molar-refractivity contribution in [2.45, 2.75) is 6.18 Å². The lowest BCUT2D eigenvalue weighted by molar-refractivity contribution is -0.384. The topological polar surface area (TPSA) is 84.9 Å². The van der Waals surface area contributed by atoms with Crippen LogP contribution in [-0.2, 0) is 4.79 Å². The molecule has 9 heteroatoms. The average Bonchev–Trinajstić information content (AvgIpc) is 2.71. The monoisotopic (exact) mass is 271 g/mol. The fourth-order valence-corrected chi connectivity index (χ4v) is 1.51. The van der Waals surface area contributed by atoms with Crippen molar-refractivity contribution in [1.29, 1.82) is 0 Å². The Morgan fingerprint density at radius 2 is 1.68 bits per heavy atom. The highest BCUT2D eigenvalue weighted by Gasteiger charge is 2.42. The molecule has 98 valence electrons. The fourth-order valence-electron chi connectivity index (χ4n) is 1.51. The van der Waals surface area contributed by atoms with Crippen LogP contribution in [0, 0.1) is 10.1 Å². The van der Waals surface area contributed by atoms with Crippen LogP contribution in [0.25, 0.3) is 5.57 Å². The predicted octanol–water partition coefficient (Wildman–Crippen LogP) is 2.86. The molecule has 6 nitrogen and oxygen atoms in total. The van der Waals surface area contributed by atoms with Gasteiger partial charge in [0.05, 0.1) is 10.5 Å². The molecule has 1 aliphatic rings. The van der Waals surface area contributed by atoms with Crippen LogP contribution in [0.3, 0.4) is 0 Å². The van der Waals surface area contributed by atoms with E-state index in [2.05, 4.69) is 10.2 Å². The molecule has 0 unspecified atom stereocenters. The molecule has 0 radical (unpaired) electrons. The number of amides is 1. The fraction of sp³-hybridized carbons (Fsp3) is 0.100. The minimum atomic E-state index is -4.81. The Hall–Kier alpha value is -2.58. The zero-order valence-electron chi connectivity index (χ0n) is 9.01. The summed E-state index contributed by atoms with van der Waals surface area (Å²) >= 11 is 0. The van der Waals surface area contributed by atoms with Crippen LogP contribution >= 0.6 is 0 Å². The van der Waals surface area contributed by atoms with Gasteiger partial charge in [-0.3, -0.25) is 14.9 Å². The molecule has 1 aromatic rings. The van der Waals surface area contributed by atoms with Crippen LogP contribution in [0.15, 0.2) is 40.2 Å². The highest BCUT2D eigenvalue weighted by atomic mass is 19.4. The second-order valence-electron chi connectivity index (χ2n) is 3.53. The van der Waals surface area contributed by atoms with Crippen molar-refractivity contribution in [3.05, 3.63) is 45.6 Å². The molecule has 19 heavy (non-hydrogen) atoms. The van der Waals surface area contributed by atoms with Gasteiger partial charge in [0.25, 0.3) is 11.6 Å². The van der Waals surface area contributed by atoms with Crippen molar-refractivity contribution in [3.63, 3.8) is 0 Å². The molecule has 0 spiro atoms. The number of rotatable bonds is 2. The van der Waals surface area contributed by atoms with Crippen molar-refractivity contribution < 1.29 is 22.9 Å². The highest BCUT2D eigenvalue weighted by molar-refractivity contribution is 6.22. The van der Waals surface area contributed by atoms with Gasteiger partial charge in [0.15, 0.2) is 5.70 Å². The molecule has 0 N–H and O–H groups in total. The van der Waals surface area contributed by atoms with E-state index in [9.17, 15) is 28.1 Å². The third-order valence-electron chi connectivity index (χ3n) is 2.33. The van der Waals surface area contributed by atoms with Crippen LogP contribution < -0.4 is 0 Å². The summed E-state index contributed by atoms with van der Waals surface area (Å²) in [6.07, 6.45) is -4.81. The van der Waals surface area contributed by atoms with E-state index < -0.39 is 28.3 Å². The van der Waals surface area contributed by atoms with Crippen LogP contribution in [0.4, 0.5) is 18.9 Å². The maximum absolute atomic E-state index is 12.6. The first kappa shape index (κ1) is 12.9. The number of carbonyl (C=O) groups is 1. The van der Waals surface area contributed by atoms with Crippen LogP contribution in [-0.4, -0.2) is 17.0 Å². The van der Waals surface area contributed by atoms with Gasteiger partial charge in [0.1, 0.15) is 0 Å². The van der Waals surface area contributed by atoms with Gasteiger partial charge >= 0.3 is 6.18 Å². The molecule has 0 fully saturated rings. The first-order valence-electron chi connectivity index (χ1n) is 4.83. The lowest BCUT2D eigenvalue weighted by Gasteiger charge is -2.06. The summed E-state index contributed by atoms with van der Waals surface area (Å²) < 4.78 is 37.8. The highest BCUT2D eigenvalue weighted by Crippen LogP contribution is 2.37. The maximum Gasteiger partial charge on any atom is 0.436 e. The lowest BCUT2D eigenvalue weighted by atomic mass is 10.0. The van der Waals surface area contributed by atoms with E-state index in [1.165, 1.54) is 0 Å². The first-order chi connectivity index (χ1) is 8.80. The zero-order chi connectivity index (χ0) is 14.2. The minimum absolute atomic E-state index is 0.118. The van der Waals surface area contributed by atoms with Gasteiger partial charge < -0.3 is 0 Å². The molecule has 0 aliphatic carbocycles. The Labute approximate surface area is 103 Å². The van der Waals surface area contributed by atoms with Gasteiger partial charge in [-0.2, -0.15) is 13.2 Å².